The zero-order valence-electron chi connectivity index (χ0n) is 12.9. The predicted octanol–water partition coefficient (Wildman–Crippen LogP) is 1.70. The first-order valence-electron chi connectivity index (χ1n) is 7.08. The smallest absolute Gasteiger partial charge is 0.239 e. The van der Waals surface area contributed by atoms with Gasteiger partial charge in [-0.3, -0.25) is 4.79 Å². The lowest BCUT2D eigenvalue weighted by atomic mass is 10.0. The standard InChI is InChI=1S/C16H26N2O2/c1-13(2)17-15(12-14-8-6-5-7-9-14)16(19)18(3)10-11-20-4/h5-9,13,15,17H,10-12H2,1-4H3. The van der Waals surface area contributed by atoms with Crippen molar-refractivity contribution < 1.29 is 9.53 Å². The maximum atomic E-state index is 12.5. The minimum atomic E-state index is -0.195. The zero-order chi connectivity index (χ0) is 15.0. The number of rotatable bonds is 8. The molecule has 1 unspecified atom stereocenters. The van der Waals surface area contributed by atoms with Crippen LogP contribution in [-0.2, 0) is 16.0 Å². The number of likely N-dealkylation sites (N-methyl/N-ethyl adjacent to an activating group) is 1. The Morgan fingerprint density at radius 1 is 1.30 bits per heavy atom. The molecule has 0 fully saturated rings. The van der Waals surface area contributed by atoms with Gasteiger partial charge in [0.15, 0.2) is 0 Å². The van der Waals surface area contributed by atoms with Crippen LogP contribution in [0.4, 0.5) is 0 Å². The van der Waals surface area contributed by atoms with Crippen LogP contribution in [0.15, 0.2) is 30.3 Å². The first-order chi connectivity index (χ1) is 9.54. The second kappa shape index (κ2) is 8.72. The molecule has 1 rings (SSSR count). The second-order valence-electron chi connectivity index (χ2n) is 5.32. The summed E-state index contributed by atoms with van der Waals surface area (Å²) in [6.45, 7) is 5.28. The molecular formula is C16H26N2O2. The number of benzene rings is 1. The molecule has 0 spiro atoms. The molecule has 112 valence electrons. The minimum absolute atomic E-state index is 0.111. The first kappa shape index (κ1) is 16.7. The predicted molar refractivity (Wildman–Crippen MR) is 81.7 cm³/mol. The van der Waals surface area contributed by atoms with Gasteiger partial charge in [-0.25, -0.2) is 0 Å². The molecule has 1 aromatic rings. The molecule has 0 aliphatic rings. The van der Waals surface area contributed by atoms with Crippen LogP contribution in [-0.4, -0.2) is 50.2 Å². The van der Waals surface area contributed by atoms with E-state index >= 15 is 0 Å². The van der Waals surface area contributed by atoms with Crippen molar-refractivity contribution in [3.05, 3.63) is 35.9 Å². The number of hydrogen-bond acceptors (Lipinski definition) is 3. The fourth-order valence-corrected chi connectivity index (χ4v) is 2.07. The van der Waals surface area contributed by atoms with Gasteiger partial charge in [-0.05, 0) is 12.0 Å². The summed E-state index contributed by atoms with van der Waals surface area (Å²) < 4.78 is 5.03. The Labute approximate surface area is 122 Å². The molecule has 0 bridgehead atoms. The van der Waals surface area contributed by atoms with Gasteiger partial charge in [0.05, 0.1) is 12.6 Å². The first-order valence-corrected chi connectivity index (χ1v) is 7.08. The summed E-state index contributed by atoms with van der Waals surface area (Å²) >= 11 is 0. The number of nitrogens with one attached hydrogen (secondary N) is 1. The lowest BCUT2D eigenvalue weighted by molar-refractivity contribution is -0.132. The molecule has 0 aliphatic carbocycles. The highest BCUT2D eigenvalue weighted by atomic mass is 16.5. The number of amides is 1. The van der Waals surface area contributed by atoms with Crippen LogP contribution >= 0.6 is 0 Å². The summed E-state index contributed by atoms with van der Waals surface area (Å²) in [7, 11) is 3.47. The fourth-order valence-electron chi connectivity index (χ4n) is 2.07. The average Bonchev–Trinajstić information content (AvgIpc) is 2.44. The monoisotopic (exact) mass is 278 g/mol. The maximum absolute atomic E-state index is 12.5. The van der Waals surface area contributed by atoms with Gasteiger partial charge in [-0.1, -0.05) is 44.2 Å². The van der Waals surface area contributed by atoms with Crippen molar-refractivity contribution in [2.24, 2.45) is 0 Å². The van der Waals surface area contributed by atoms with Gasteiger partial charge in [0.25, 0.3) is 0 Å². The Hall–Kier alpha value is -1.39. The van der Waals surface area contributed by atoms with E-state index < -0.39 is 0 Å². The van der Waals surface area contributed by atoms with Crippen LogP contribution in [0.2, 0.25) is 0 Å². The third-order valence-electron chi connectivity index (χ3n) is 3.12. The Morgan fingerprint density at radius 3 is 2.50 bits per heavy atom. The molecule has 4 nitrogen and oxygen atoms in total. The van der Waals surface area contributed by atoms with Crippen LogP contribution in [0, 0.1) is 0 Å². The Kier molecular flexibility index (Phi) is 7.26. The molecule has 1 amide bonds. The zero-order valence-corrected chi connectivity index (χ0v) is 12.9. The minimum Gasteiger partial charge on any atom is -0.383 e. The van der Waals surface area contributed by atoms with E-state index in [4.69, 9.17) is 4.74 Å². The number of ether oxygens (including phenoxy) is 1. The average molecular weight is 278 g/mol. The maximum Gasteiger partial charge on any atom is 0.239 e. The van der Waals surface area contributed by atoms with Crippen molar-refractivity contribution in [3.63, 3.8) is 0 Å². The third-order valence-corrected chi connectivity index (χ3v) is 3.12. The lowest BCUT2D eigenvalue weighted by Crippen LogP contribution is -2.49. The molecule has 4 heteroatoms. The molecule has 1 aromatic carbocycles. The largest absolute Gasteiger partial charge is 0.383 e. The summed E-state index contributed by atoms with van der Waals surface area (Å²) in [6.07, 6.45) is 0.704. The van der Waals surface area contributed by atoms with Crippen molar-refractivity contribution in [1.29, 1.82) is 0 Å². The number of carbonyl (C=O) groups excluding carboxylic acids is 1. The Morgan fingerprint density at radius 2 is 1.95 bits per heavy atom. The SMILES string of the molecule is COCCN(C)C(=O)C(Cc1ccccc1)NC(C)C. The van der Waals surface area contributed by atoms with Crippen molar-refractivity contribution in [2.45, 2.75) is 32.4 Å². The van der Waals surface area contributed by atoms with E-state index in [0.29, 0.717) is 19.6 Å². The molecule has 1 N–H and O–H groups in total. The van der Waals surface area contributed by atoms with Crippen molar-refractivity contribution in [2.75, 3.05) is 27.3 Å². The highest BCUT2D eigenvalue weighted by Crippen LogP contribution is 2.06. The molecule has 0 aliphatic heterocycles. The van der Waals surface area contributed by atoms with Gasteiger partial charge < -0.3 is 15.0 Å². The molecule has 0 aromatic heterocycles. The van der Waals surface area contributed by atoms with E-state index in [0.717, 1.165) is 0 Å². The Bertz CT molecular complexity index is 393. The number of methoxy groups -OCH3 is 1. The highest BCUT2D eigenvalue weighted by molar-refractivity contribution is 5.82. The third kappa shape index (κ3) is 5.72. The van der Waals surface area contributed by atoms with Gasteiger partial charge in [0.2, 0.25) is 5.91 Å². The van der Waals surface area contributed by atoms with E-state index in [1.807, 2.05) is 25.2 Å². The van der Waals surface area contributed by atoms with Gasteiger partial charge in [-0.2, -0.15) is 0 Å². The van der Waals surface area contributed by atoms with Crippen molar-refractivity contribution in [1.82, 2.24) is 10.2 Å². The van der Waals surface area contributed by atoms with Crippen molar-refractivity contribution >= 4 is 5.91 Å². The van der Waals surface area contributed by atoms with Crippen LogP contribution < -0.4 is 5.32 Å². The summed E-state index contributed by atoms with van der Waals surface area (Å²) in [5.41, 5.74) is 1.17. The molecule has 0 radical (unpaired) electrons. The number of nitrogens with zero attached hydrogens (tertiary/aromatic N) is 1. The van der Waals surface area contributed by atoms with E-state index in [-0.39, 0.29) is 18.0 Å². The van der Waals surface area contributed by atoms with Crippen LogP contribution in [0.25, 0.3) is 0 Å². The van der Waals surface area contributed by atoms with Gasteiger partial charge in [0.1, 0.15) is 0 Å². The number of hydrogen-bond donors (Lipinski definition) is 1. The van der Waals surface area contributed by atoms with E-state index in [2.05, 4.69) is 31.3 Å². The fraction of sp³-hybridized carbons (Fsp3) is 0.562. The summed E-state index contributed by atoms with van der Waals surface area (Å²) in [5, 5.41) is 3.35. The van der Waals surface area contributed by atoms with E-state index in [1.165, 1.54) is 5.56 Å². The molecular weight excluding hydrogens is 252 g/mol. The van der Waals surface area contributed by atoms with Crippen molar-refractivity contribution in [3.8, 4) is 0 Å². The quantitative estimate of drug-likeness (QED) is 0.787. The summed E-state index contributed by atoms with van der Waals surface area (Å²) in [6, 6.07) is 10.2. The van der Waals surface area contributed by atoms with Gasteiger partial charge in [0, 0.05) is 26.7 Å². The summed E-state index contributed by atoms with van der Waals surface area (Å²) in [5.74, 6) is 0.111. The van der Waals surface area contributed by atoms with Gasteiger partial charge in [-0.15, -0.1) is 0 Å². The lowest BCUT2D eigenvalue weighted by Gasteiger charge is -2.26. The van der Waals surface area contributed by atoms with Gasteiger partial charge >= 0.3 is 0 Å². The highest BCUT2D eigenvalue weighted by Gasteiger charge is 2.22. The molecule has 0 heterocycles. The molecule has 0 saturated carbocycles. The topological polar surface area (TPSA) is 41.6 Å². The van der Waals surface area contributed by atoms with Crippen LogP contribution in [0.1, 0.15) is 19.4 Å². The van der Waals surface area contributed by atoms with Crippen LogP contribution in [0.3, 0.4) is 0 Å². The normalized spacial score (nSPS) is 12.4. The molecule has 1 atom stereocenters. The summed E-state index contributed by atoms with van der Waals surface area (Å²) in [4.78, 5) is 14.2. The van der Waals surface area contributed by atoms with Crippen LogP contribution in [0.5, 0.6) is 0 Å². The Balaban J connectivity index is 2.70. The molecule has 0 saturated heterocycles. The molecule has 20 heavy (non-hydrogen) atoms. The van der Waals surface area contributed by atoms with E-state index in [1.54, 1.807) is 12.0 Å². The number of carbonyl (C=O) groups is 1. The van der Waals surface area contributed by atoms with E-state index in [9.17, 15) is 4.79 Å². The second-order valence-corrected chi connectivity index (χ2v) is 5.32.